The quantitative estimate of drug-likeness (QED) is 0.775. The summed E-state index contributed by atoms with van der Waals surface area (Å²) >= 11 is 0. The van der Waals surface area contributed by atoms with Crippen molar-refractivity contribution in [2.75, 3.05) is 6.61 Å². The van der Waals surface area contributed by atoms with Crippen LogP contribution in [-0.2, 0) is 13.2 Å². The van der Waals surface area contributed by atoms with Gasteiger partial charge in [-0.1, -0.05) is 12.1 Å². The average molecular weight is 324 g/mol. The Labute approximate surface area is 142 Å². The van der Waals surface area contributed by atoms with Crippen LogP contribution >= 0.6 is 0 Å². The molecule has 1 aromatic heterocycles. The highest BCUT2D eigenvalue weighted by atomic mass is 16.5. The van der Waals surface area contributed by atoms with E-state index >= 15 is 0 Å². The van der Waals surface area contributed by atoms with Gasteiger partial charge in [0.1, 0.15) is 18.2 Å². The average Bonchev–Trinajstić information content (AvgIpc) is 2.86. The van der Waals surface area contributed by atoms with E-state index in [2.05, 4.69) is 45.0 Å². The van der Waals surface area contributed by atoms with Crippen molar-refractivity contribution in [1.82, 2.24) is 9.55 Å². The standard InChI is InChI=1S/C20H24N2O2/c1-13-5-6-14(2)19(9-13)24-12-20-21-17-10-15(3)16(4)11-18(17)22(20)7-8-23/h5-6,9-11,23H,7-8,12H2,1-4H3. The molecule has 0 spiro atoms. The van der Waals surface area contributed by atoms with Crippen LogP contribution in [-0.4, -0.2) is 21.3 Å². The van der Waals surface area contributed by atoms with Crippen molar-refractivity contribution in [2.24, 2.45) is 0 Å². The number of benzene rings is 2. The summed E-state index contributed by atoms with van der Waals surface area (Å²) in [6.07, 6.45) is 0. The number of hydrogen-bond donors (Lipinski definition) is 1. The molecule has 24 heavy (non-hydrogen) atoms. The summed E-state index contributed by atoms with van der Waals surface area (Å²) in [4.78, 5) is 4.73. The number of aliphatic hydroxyl groups is 1. The third-order valence-corrected chi connectivity index (χ3v) is 4.47. The second kappa shape index (κ2) is 6.65. The van der Waals surface area contributed by atoms with Gasteiger partial charge in [0.15, 0.2) is 0 Å². The second-order valence-electron chi connectivity index (χ2n) is 6.39. The van der Waals surface area contributed by atoms with Gasteiger partial charge in [-0.25, -0.2) is 4.98 Å². The molecule has 0 fully saturated rings. The summed E-state index contributed by atoms with van der Waals surface area (Å²) < 4.78 is 8.06. The summed E-state index contributed by atoms with van der Waals surface area (Å²) in [6, 6.07) is 10.4. The zero-order chi connectivity index (χ0) is 17.3. The van der Waals surface area contributed by atoms with Gasteiger partial charge >= 0.3 is 0 Å². The first-order valence-corrected chi connectivity index (χ1v) is 8.27. The maximum atomic E-state index is 9.42. The molecule has 3 rings (SSSR count). The van der Waals surface area contributed by atoms with Crippen LogP contribution in [0.25, 0.3) is 11.0 Å². The number of imidazole rings is 1. The number of fused-ring (bicyclic) bond motifs is 1. The Hall–Kier alpha value is -2.33. The molecule has 0 bridgehead atoms. The molecule has 0 amide bonds. The van der Waals surface area contributed by atoms with Crippen LogP contribution in [0.15, 0.2) is 30.3 Å². The van der Waals surface area contributed by atoms with E-state index in [1.165, 1.54) is 16.7 Å². The Morgan fingerprint density at radius 3 is 2.50 bits per heavy atom. The van der Waals surface area contributed by atoms with Gasteiger partial charge < -0.3 is 14.4 Å². The highest BCUT2D eigenvalue weighted by Crippen LogP contribution is 2.24. The van der Waals surface area contributed by atoms with Crippen LogP contribution in [0.5, 0.6) is 5.75 Å². The number of aromatic nitrogens is 2. The van der Waals surface area contributed by atoms with Gasteiger partial charge in [0.25, 0.3) is 0 Å². The van der Waals surface area contributed by atoms with Gasteiger partial charge in [-0.15, -0.1) is 0 Å². The summed E-state index contributed by atoms with van der Waals surface area (Å²) in [7, 11) is 0. The highest BCUT2D eigenvalue weighted by molar-refractivity contribution is 5.78. The normalized spacial score (nSPS) is 11.2. The van der Waals surface area contributed by atoms with Crippen molar-refractivity contribution < 1.29 is 9.84 Å². The molecular formula is C20H24N2O2. The van der Waals surface area contributed by atoms with Crippen LogP contribution in [0, 0.1) is 27.7 Å². The molecule has 2 aromatic carbocycles. The predicted molar refractivity (Wildman–Crippen MR) is 96.5 cm³/mol. The number of nitrogens with zero attached hydrogens (tertiary/aromatic N) is 2. The summed E-state index contributed by atoms with van der Waals surface area (Å²) in [5, 5.41) is 9.42. The Morgan fingerprint density at radius 1 is 1.00 bits per heavy atom. The van der Waals surface area contributed by atoms with E-state index in [0.29, 0.717) is 13.2 Å². The molecule has 4 heteroatoms. The molecule has 1 N–H and O–H groups in total. The molecule has 0 saturated carbocycles. The highest BCUT2D eigenvalue weighted by Gasteiger charge is 2.13. The van der Waals surface area contributed by atoms with Crippen LogP contribution < -0.4 is 4.74 Å². The molecule has 0 aliphatic rings. The van der Waals surface area contributed by atoms with Crippen LogP contribution in [0.2, 0.25) is 0 Å². The fourth-order valence-electron chi connectivity index (χ4n) is 2.89. The lowest BCUT2D eigenvalue weighted by atomic mass is 10.1. The first-order valence-electron chi connectivity index (χ1n) is 8.27. The minimum Gasteiger partial charge on any atom is -0.485 e. The van der Waals surface area contributed by atoms with Gasteiger partial charge in [0.05, 0.1) is 17.6 Å². The lowest BCUT2D eigenvalue weighted by molar-refractivity contribution is 0.259. The topological polar surface area (TPSA) is 47.3 Å². The predicted octanol–water partition coefficient (Wildman–Crippen LogP) is 3.84. The van der Waals surface area contributed by atoms with Gasteiger partial charge in [-0.3, -0.25) is 0 Å². The van der Waals surface area contributed by atoms with Gasteiger partial charge in [0, 0.05) is 6.54 Å². The Morgan fingerprint density at radius 2 is 1.75 bits per heavy atom. The molecule has 0 atom stereocenters. The summed E-state index contributed by atoms with van der Waals surface area (Å²) in [6.45, 7) is 9.26. The van der Waals surface area contributed by atoms with E-state index < -0.39 is 0 Å². The van der Waals surface area contributed by atoms with E-state index in [1.807, 2.05) is 17.6 Å². The van der Waals surface area contributed by atoms with Crippen molar-refractivity contribution in [3.8, 4) is 5.75 Å². The molecule has 0 saturated heterocycles. The van der Waals surface area contributed by atoms with Crippen LogP contribution in [0.1, 0.15) is 28.1 Å². The number of hydrogen-bond acceptors (Lipinski definition) is 3. The Bertz CT molecular complexity index is 881. The van der Waals surface area contributed by atoms with E-state index in [1.54, 1.807) is 0 Å². The maximum Gasteiger partial charge on any atom is 0.148 e. The fourth-order valence-corrected chi connectivity index (χ4v) is 2.89. The van der Waals surface area contributed by atoms with Crippen molar-refractivity contribution in [1.29, 1.82) is 0 Å². The van der Waals surface area contributed by atoms with E-state index in [0.717, 1.165) is 28.2 Å². The number of ether oxygens (including phenoxy) is 1. The number of rotatable bonds is 5. The van der Waals surface area contributed by atoms with Crippen molar-refractivity contribution in [2.45, 2.75) is 40.8 Å². The van der Waals surface area contributed by atoms with Crippen LogP contribution in [0.3, 0.4) is 0 Å². The first kappa shape index (κ1) is 16.5. The minimum atomic E-state index is 0.0782. The molecule has 0 unspecified atom stereocenters. The summed E-state index contributed by atoms with van der Waals surface area (Å²) in [5.74, 6) is 1.72. The molecular weight excluding hydrogens is 300 g/mol. The zero-order valence-corrected chi connectivity index (χ0v) is 14.8. The molecule has 0 aliphatic carbocycles. The largest absolute Gasteiger partial charge is 0.485 e. The zero-order valence-electron chi connectivity index (χ0n) is 14.8. The van der Waals surface area contributed by atoms with Crippen molar-refractivity contribution in [3.05, 3.63) is 58.4 Å². The fraction of sp³-hybridized carbons (Fsp3) is 0.350. The molecule has 3 aromatic rings. The van der Waals surface area contributed by atoms with E-state index in [-0.39, 0.29) is 6.61 Å². The van der Waals surface area contributed by atoms with Crippen molar-refractivity contribution >= 4 is 11.0 Å². The minimum absolute atomic E-state index is 0.0782. The lowest BCUT2D eigenvalue weighted by Gasteiger charge is -2.11. The first-order chi connectivity index (χ1) is 11.5. The summed E-state index contributed by atoms with van der Waals surface area (Å²) in [5.41, 5.74) is 6.72. The third-order valence-electron chi connectivity index (χ3n) is 4.47. The maximum absolute atomic E-state index is 9.42. The van der Waals surface area contributed by atoms with Crippen molar-refractivity contribution in [3.63, 3.8) is 0 Å². The number of aryl methyl sites for hydroxylation is 4. The Kier molecular flexibility index (Phi) is 4.58. The molecule has 0 radical (unpaired) electrons. The van der Waals surface area contributed by atoms with Gasteiger partial charge in [-0.05, 0) is 68.1 Å². The molecule has 0 aliphatic heterocycles. The van der Waals surface area contributed by atoms with E-state index in [9.17, 15) is 5.11 Å². The second-order valence-corrected chi connectivity index (χ2v) is 6.39. The van der Waals surface area contributed by atoms with Gasteiger partial charge in [0.2, 0.25) is 0 Å². The molecule has 4 nitrogen and oxygen atoms in total. The Balaban J connectivity index is 1.96. The smallest absolute Gasteiger partial charge is 0.148 e. The SMILES string of the molecule is Cc1ccc(C)c(OCc2nc3cc(C)c(C)cc3n2CCO)c1. The molecule has 126 valence electrons. The monoisotopic (exact) mass is 324 g/mol. The van der Waals surface area contributed by atoms with E-state index in [4.69, 9.17) is 9.72 Å². The number of aliphatic hydroxyl groups excluding tert-OH is 1. The third kappa shape index (κ3) is 3.15. The lowest BCUT2D eigenvalue weighted by Crippen LogP contribution is -2.10. The molecule has 1 heterocycles. The van der Waals surface area contributed by atoms with Gasteiger partial charge in [-0.2, -0.15) is 0 Å². The van der Waals surface area contributed by atoms with Crippen LogP contribution in [0.4, 0.5) is 0 Å².